The largest absolute Gasteiger partial charge is 0.310 e. The Bertz CT molecular complexity index is 421. The first-order valence-electron chi connectivity index (χ1n) is 7.30. The Morgan fingerprint density at radius 3 is 2.84 bits per heavy atom. The highest BCUT2D eigenvalue weighted by atomic mass is 79.9. The van der Waals surface area contributed by atoms with Gasteiger partial charge < -0.3 is 5.32 Å². The third-order valence-corrected chi connectivity index (χ3v) is 5.39. The summed E-state index contributed by atoms with van der Waals surface area (Å²) in [7, 11) is 0. The van der Waals surface area contributed by atoms with Crippen LogP contribution in [0.5, 0.6) is 0 Å². The summed E-state index contributed by atoms with van der Waals surface area (Å²) in [6.45, 7) is 5.58. The van der Waals surface area contributed by atoms with Crippen LogP contribution in [0.15, 0.2) is 22.7 Å². The van der Waals surface area contributed by atoms with Crippen LogP contribution in [0.4, 0.5) is 0 Å². The number of nitrogens with one attached hydrogen (secondary N) is 1. The van der Waals surface area contributed by atoms with Crippen LogP contribution in [0.2, 0.25) is 5.02 Å². The zero-order valence-corrected chi connectivity index (χ0v) is 14.1. The van der Waals surface area contributed by atoms with Crippen molar-refractivity contribution in [3.8, 4) is 0 Å². The van der Waals surface area contributed by atoms with Gasteiger partial charge in [-0.3, -0.25) is 0 Å². The molecule has 0 spiro atoms. The van der Waals surface area contributed by atoms with E-state index >= 15 is 0 Å². The lowest BCUT2D eigenvalue weighted by molar-refractivity contribution is 0.225. The standard InChI is InChI=1S/C16H23BrClN/c1-3-19-16(12-6-4-5-11(2)9-12)13-7-8-15(18)14(17)10-13/h7-8,10-12,16,19H,3-6,9H2,1-2H3. The molecule has 19 heavy (non-hydrogen) atoms. The Kier molecular flexibility index (Phi) is 5.73. The van der Waals surface area contributed by atoms with Gasteiger partial charge in [0, 0.05) is 10.5 Å². The van der Waals surface area contributed by atoms with E-state index in [-0.39, 0.29) is 0 Å². The topological polar surface area (TPSA) is 12.0 Å². The summed E-state index contributed by atoms with van der Waals surface area (Å²) < 4.78 is 0.999. The molecule has 1 fully saturated rings. The zero-order valence-electron chi connectivity index (χ0n) is 11.8. The number of rotatable bonds is 4. The van der Waals surface area contributed by atoms with Crippen molar-refractivity contribution in [1.29, 1.82) is 0 Å². The first kappa shape index (κ1) is 15.3. The fourth-order valence-corrected chi connectivity index (χ4v) is 3.78. The van der Waals surface area contributed by atoms with Crippen molar-refractivity contribution in [1.82, 2.24) is 5.32 Å². The van der Waals surface area contributed by atoms with Gasteiger partial charge >= 0.3 is 0 Å². The van der Waals surface area contributed by atoms with E-state index < -0.39 is 0 Å². The molecule has 0 bridgehead atoms. The molecule has 1 nitrogen and oxygen atoms in total. The fraction of sp³-hybridized carbons (Fsp3) is 0.625. The van der Waals surface area contributed by atoms with Gasteiger partial charge in [0.05, 0.1) is 5.02 Å². The average molecular weight is 345 g/mol. The van der Waals surface area contributed by atoms with Crippen molar-refractivity contribution >= 4 is 27.5 Å². The number of halogens is 2. The van der Waals surface area contributed by atoms with E-state index in [1.807, 2.05) is 6.07 Å². The predicted molar refractivity (Wildman–Crippen MR) is 86.7 cm³/mol. The molecule has 3 heteroatoms. The Balaban J connectivity index is 2.20. The first-order valence-corrected chi connectivity index (χ1v) is 8.47. The molecular formula is C16H23BrClN. The van der Waals surface area contributed by atoms with Crippen molar-refractivity contribution in [2.45, 2.75) is 45.6 Å². The molecule has 1 aromatic carbocycles. The highest BCUT2D eigenvalue weighted by Gasteiger charge is 2.27. The molecule has 1 N–H and O–H groups in total. The average Bonchev–Trinajstić information content (AvgIpc) is 2.39. The smallest absolute Gasteiger partial charge is 0.0548 e. The quantitative estimate of drug-likeness (QED) is 0.752. The van der Waals surface area contributed by atoms with Gasteiger partial charge in [0.2, 0.25) is 0 Å². The van der Waals surface area contributed by atoms with Gasteiger partial charge in [-0.05, 0) is 64.8 Å². The molecule has 0 saturated heterocycles. The summed E-state index contributed by atoms with van der Waals surface area (Å²) in [6, 6.07) is 6.80. The van der Waals surface area contributed by atoms with Crippen LogP contribution in [0, 0.1) is 11.8 Å². The van der Waals surface area contributed by atoms with E-state index in [0.29, 0.717) is 6.04 Å². The second-order valence-corrected chi connectivity index (χ2v) is 7.00. The Morgan fingerprint density at radius 1 is 1.42 bits per heavy atom. The molecule has 1 aliphatic rings. The van der Waals surface area contributed by atoms with Gasteiger partial charge in [-0.15, -0.1) is 0 Å². The molecule has 2 rings (SSSR count). The molecule has 1 aliphatic carbocycles. The Hall–Kier alpha value is -0.0500. The van der Waals surface area contributed by atoms with Gasteiger partial charge in [0.1, 0.15) is 0 Å². The summed E-state index contributed by atoms with van der Waals surface area (Å²) in [5.74, 6) is 1.60. The SMILES string of the molecule is CCNC(c1ccc(Cl)c(Br)c1)C1CCCC(C)C1. The van der Waals surface area contributed by atoms with Crippen LogP contribution in [0.1, 0.15) is 51.1 Å². The third kappa shape index (κ3) is 3.96. The molecule has 106 valence electrons. The monoisotopic (exact) mass is 343 g/mol. The number of hydrogen-bond donors (Lipinski definition) is 1. The summed E-state index contributed by atoms with van der Waals surface area (Å²) in [5, 5.41) is 4.46. The van der Waals surface area contributed by atoms with Crippen molar-refractivity contribution in [3.05, 3.63) is 33.3 Å². The lowest BCUT2D eigenvalue weighted by Crippen LogP contribution is -2.31. The molecule has 0 amide bonds. The highest BCUT2D eigenvalue weighted by molar-refractivity contribution is 9.10. The van der Waals surface area contributed by atoms with E-state index in [2.05, 4.69) is 47.2 Å². The summed E-state index contributed by atoms with van der Waals surface area (Å²) >= 11 is 9.65. The maximum Gasteiger partial charge on any atom is 0.0548 e. The highest BCUT2D eigenvalue weighted by Crippen LogP contribution is 2.38. The normalized spacial score (nSPS) is 25.3. The molecular weight excluding hydrogens is 322 g/mol. The summed E-state index contributed by atoms with van der Waals surface area (Å²) in [4.78, 5) is 0. The van der Waals surface area contributed by atoms with Crippen LogP contribution < -0.4 is 5.32 Å². The van der Waals surface area contributed by atoms with E-state index in [1.165, 1.54) is 31.2 Å². The van der Waals surface area contributed by atoms with Crippen molar-refractivity contribution in [2.75, 3.05) is 6.54 Å². The fourth-order valence-electron chi connectivity index (χ4n) is 3.27. The molecule has 0 aliphatic heterocycles. The maximum atomic E-state index is 6.10. The van der Waals surface area contributed by atoms with E-state index in [0.717, 1.165) is 27.9 Å². The molecule has 1 saturated carbocycles. The minimum absolute atomic E-state index is 0.460. The van der Waals surface area contributed by atoms with Gasteiger partial charge in [-0.25, -0.2) is 0 Å². The minimum atomic E-state index is 0.460. The molecule has 3 unspecified atom stereocenters. The Morgan fingerprint density at radius 2 is 2.21 bits per heavy atom. The van der Waals surface area contributed by atoms with Crippen LogP contribution in [-0.4, -0.2) is 6.54 Å². The maximum absolute atomic E-state index is 6.10. The van der Waals surface area contributed by atoms with Crippen LogP contribution in [0.3, 0.4) is 0 Å². The molecule has 0 heterocycles. The van der Waals surface area contributed by atoms with E-state index in [4.69, 9.17) is 11.6 Å². The zero-order chi connectivity index (χ0) is 13.8. The lowest BCUT2D eigenvalue weighted by atomic mass is 9.76. The van der Waals surface area contributed by atoms with Crippen LogP contribution in [-0.2, 0) is 0 Å². The van der Waals surface area contributed by atoms with Crippen LogP contribution in [0.25, 0.3) is 0 Å². The van der Waals surface area contributed by atoms with Crippen molar-refractivity contribution < 1.29 is 0 Å². The van der Waals surface area contributed by atoms with Gasteiger partial charge in [0.25, 0.3) is 0 Å². The number of benzene rings is 1. The summed E-state index contributed by atoms with van der Waals surface area (Å²) in [5.41, 5.74) is 1.36. The van der Waals surface area contributed by atoms with Gasteiger partial charge in [0.15, 0.2) is 0 Å². The molecule has 0 aromatic heterocycles. The Labute approximate surface area is 130 Å². The van der Waals surface area contributed by atoms with Crippen molar-refractivity contribution in [2.24, 2.45) is 11.8 Å². The van der Waals surface area contributed by atoms with Gasteiger partial charge in [-0.2, -0.15) is 0 Å². The second kappa shape index (κ2) is 7.10. The summed E-state index contributed by atoms with van der Waals surface area (Å²) in [6.07, 6.45) is 5.42. The van der Waals surface area contributed by atoms with Crippen molar-refractivity contribution in [3.63, 3.8) is 0 Å². The molecule has 1 aromatic rings. The third-order valence-electron chi connectivity index (χ3n) is 4.18. The molecule has 0 radical (unpaired) electrons. The second-order valence-electron chi connectivity index (χ2n) is 5.74. The predicted octanol–water partition coefficient (Wildman–Crippen LogP) is 5.58. The van der Waals surface area contributed by atoms with Gasteiger partial charge in [-0.1, -0.05) is 44.4 Å². The number of hydrogen-bond acceptors (Lipinski definition) is 1. The lowest BCUT2D eigenvalue weighted by Gasteiger charge is -2.34. The van der Waals surface area contributed by atoms with Crippen LogP contribution >= 0.6 is 27.5 Å². The van der Waals surface area contributed by atoms with E-state index in [9.17, 15) is 0 Å². The first-order chi connectivity index (χ1) is 9.11. The molecule has 3 atom stereocenters. The minimum Gasteiger partial charge on any atom is -0.310 e. The van der Waals surface area contributed by atoms with E-state index in [1.54, 1.807) is 0 Å².